The number of aryl methyl sites for hydroxylation is 1. The van der Waals surface area contributed by atoms with Crippen molar-refractivity contribution in [1.29, 1.82) is 0 Å². The summed E-state index contributed by atoms with van der Waals surface area (Å²) in [5, 5.41) is 4.70. The summed E-state index contributed by atoms with van der Waals surface area (Å²) in [6, 6.07) is 17.6. The summed E-state index contributed by atoms with van der Waals surface area (Å²) in [5.74, 6) is 1.46. The van der Waals surface area contributed by atoms with Gasteiger partial charge < -0.3 is 9.32 Å². The molecule has 0 unspecified atom stereocenters. The fourth-order valence-electron chi connectivity index (χ4n) is 3.23. The van der Waals surface area contributed by atoms with Crippen molar-refractivity contribution in [3.05, 3.63) is 95.8 Å². The summed E-state index contributed by atoms with van der Waals surface area (Å²) in [6.07, 6.45) is 5.24. The second kappa shape index (κ2) is 8.14. The van der Waals surface area contributed by atoms with Crippen LogP contribution in [0, 0.1) is 6.92 Å². The van der Waals surface area contributed by atoms with Gasteiger partial charge in [-0.1, -0.05) is 30.3 Å². The number of benzene rings is 1. The maximum absolute atomic E-state index is 13.2. The lowest BCUT2D eigenvalue weighted by molar-refractivity contribution is 0.0775. The summed E-state index contributed by atoms with van der Waals surface area (Å²) < 4.78 is 7.42. The zero-order chi connectivity index (χ0) is 20.2. The first kappa shape index (κ1) is 18.7. The lowest BCUT2D eigenvalue weighted by atomic mass is 10.1. The Bertz CT molecular complexity index is 1100. The quantitative estimate of drug-likeness (QED) is 0.499. The summed E-state index contributed by atoms with van der Waals surface area (Å²) in [6.45, 7) is 2.87. The van der Waals surface area contributed by atoms with E-state index in [0.29, 0.717) is 24.3 Å². The number of furan rings is 1. The summed E-state index contributed by atoms with van der Waals surface area (Å²) in [5.41, 5.74) is 3.09. The van der Waals surface area contributed by atoms with Crippen molar-refractivity contribution in [2.75, 3.05) is 7.05 Å². The van der Waals surface area contributed by atoms with Crippen molar-refractivity contribution in [3.63, 3.8) is 0 Å². The molecule has 146 valence electrons. The van der Waals surface area contributed by atoms with E-state index in [1.54, 1.807) is 29.0 Å². The molecule has 0 aliphatic carbocycles. The molecular formula is C23H22N4O2. The first-order chi connectivity index (χ1) is 14.1. The number of carbonyl (C=O) groups is 1. The van der Waals surface area contributed by atoms with E-state index in [4.69, 9.17) is 9.52 Å². The highest BCUT2D eigenvalue weighted by atomic mass is 16.3. The molecule has 1 amide bonds. The molecule has 0 spiro atoms. The van der Waals surface area contributed by atoms with Crippen LogP contribution < -0.4 is 0 Å². The van der Waals surface area contributed by atoms with Crippen LogP contribution >= 0.6 is 0 Å². The maximum Gasteiger partial charge on any atom is 0.257 e. The topological polar surface area (TPSA) is 64.2 Å². The van der Waals surface area contributed by atoms with Gasteiger partial charge in [0, 0.05) is 31.2 Å². The second-order valence-corrected chi connectivity index (χ2v) is 6.99. The van der Waals surface area contributed by atoms with Crippen molar-refractivity contribution in [1.82, 2.24) is 19.7 Å². The van der Waals surface area contributed by atoms with Crippen molar-refractivity contribution >= 4 is 5.91 Å². The summed E-state index contributed by atoms with van der Waals surface area (Å²) >= 11 is 0. The van der Waals surface area contributed by atoms with Crippen LogP contribution in [0.5, 0.6) is 0 Å². The van der Waals surface area contributed by atoms with Crippen LogP contribution in [0.4, 0.5) is 0 Å². The van der Waals surface area contributed by atoms with E-state index in [0.717, 1.165) is 22.6 Å². The monoisotopic (exact) mass is 386 g/mol. The van der Waals surface area contributed by atoms with Gasteiger partial charge in [0.1, 0.15) is 17.2 Å². The molecule has 0 fully saturated rings. The molecule has 0 bridgehead atoms. The Labute approximate surface area is 169 Å². The number of nitrogens with zero attached hydrogens (tertiary/aromatic N) is 4. The molecule has 0 saturated heterocycles. The minimum atomic E-state index is -0.114. The lowest BCUT2D eigenvalue weighted by Gasteiger charge is -2.15. The van der Waals surface area contributed by atoms with E-state index in [1.165, 1.54) is 0 Å². The first-order valence-electron chi connectivity index (χ1n) is 9.43. The van der Waals surface area contributed by atoms with Crippen LogP contribution in [-0.4, -0.2) is 32.6 Å². The highest BCUT2D eigenvalue weighted by Crippen LogP contribution is 2.23. The Hall–Kier alpha value is -3.67. The third-order valence-electron chi connectivity index (χ3n) is 4.65. The molecule has 1 aromatic carbocycles. The zero-order valence-electron chi connectivity index (χ0n) is 16.4. The fraction of sp³-hybridized carbons (Fsp3) is 0.174. The van der Waals surface area contributed by atoms with Gasteiger partial charge in [-0.25, -0.2) is 0 Å². The summed E-state index contributed by atoms with van der Waals surface area (Å²) in [4.78, 5) is 19.0. The third-order valence-corrected chi connectivity index (χ3v) is 4.65. The zero-order valence-corrected chi connectivity index (χ0v) is 16.4. The molecule has 0 radical (unpaired) electrons. The molecule has 0 atom stereocenters. The number of hydrogen-bond donors (Lipinski definition) is 0. The van der Waals surface area contributed by atoms with Gasteiger partial charge in [-0.2, -0.15) is 5.10 Å². The van der Waals surface area contributed by atoms with Gasteiger partial charge in [-0.05, 0) is 36.8 Å². The van der Waals surface area contributed by atoms with Crippen LogP contribution in [-0.2, 0) is 13.1 Å². The average Bonchev–Trinajstić information content (AvgIpc) is 3.35. The molecular weight excluding hydrogens is 364 g/mol. The lowest BCUT2D eigenvalue weighted by Crippen LogP contribution is -2.26. The number of hydrogen-bond acceptors (Lipinski definition) is 4. The van der Waals surface area contributed by atoms with Crippen LogP contribution in [0.25, 0.3) is 11.3 Å². The molecule has 0 N–H and O–H groups in total. The number of rotatable bonds is 6. The smallest absolute Gasteiger partial charge is 0.257 e. The second-order valence-electron chi connectivity index (χ2n) is 6.99. The number of carbonyl (C=O) groups excluding carboxylic acids is 1. The third kappa shape index (κ3) is 4.27. The van der Waals surface area contributed by atoms with Crippen LogP contribution in [0.15, 0.2) is 77.6 Å². The van der Waals surface area contributed by atoms with Crippen LogP contribution in [0.1, 0.15) is 27.4 Å². The predicted molar refractivity (Wildman–Crippen MR) is 110 cm³/mol. The van der Waals surface area contributed by atoms with E-state index < -0.39 is 0 Å². The number of aromatic nitrogens is 3. The molecule has 3 aromatic heterocycles. The SMILES string of the molecule is Cc1ccc(CN(C)C(=O)c2cn(Cc3ccccc3)nc2-c2cccnc2)o1. The predicted octanol–water partition coefficient (Wildman–Crippen LogP) is 4.17. The molecule has 4 rings (SSSR count). The number of pyridine rings is 1. The van der Waals surface area contributed by atoms with E-state index in [2.05, 4.69) is 4.98 Å². The van der Waals surface area contributed by atoms with Gasteiger partial charge in [-0.15, -0.1) is 0 Å². The van der Waals surface area contributed by atoms with Crippen molar-refractivity contribution in [3.8, 4) is 11.3 Å². The van der Waals surface area contributed by atoms with E-state index >= 15 is 0 Å². The van der Waals surface area contributed by atoms with E-state index in [9.17, 15) is 4.79 Å². The van der Waals surface area contributed by atoms with Gasteiger partial charge in [0.25, 0.3) is 5.91 Å². The van der Waals surface area contributed by atoms with Gasteiger partial charge in [0.2, 0.25) is 0 Å². The Morgan fingerprint density at radius 3 is 2.62 bits per heavy atom. The minimum absolute atomic E-state index is 0.114. The molecule has 6 nitrogen and oxygen atoms in total. The molecule has 0 aliphatic rings. The molecule has 4 aromatic rings. The van der Waals surface area contributed by atoms with Crippen molar-refractivity contribution < 1.29 is 9.21 Å². The first-order valence-corrected chi connectivity index (χ1v) is 9.43. The van der Waals surface area contributed by atoms with Gasteiger partial charge in [0.15, 0.2) is 0 Å². The normalized spacial score (nSPS) is 10.8. The molecule has 3 heterocycles. The minimum Gasteiger partial charge on any atom is -0.464 e. The maximum atomic E-state index is 13.2. The van der Waals surface area contributed by atoms with Crippen molar-refractivity contribution in [2.24, 2.45) is 0 Å². The van der Waals surface area contributed by atoms with Gasteiger partial charge in [0.05, 0.1) is 18.7 Å². The van der Waals surface area contributed by atoms with Crippen LogP contribution in [0.3, 0.4) is 0 Å². The fourth-order valence-corrected chi connectivity index (χ4v) is 3.23. The highest BCUT2D eigenvalue weighted by molar-refractivity contribution is 5.99. The molecule has 0 saturated carbocycles. The Balaban J connectivity index is 1.65. The Kier molecular flexibility index (Phi) is 5.24. The largest absolute Gasteiger partial charge is 0.464 e. The number of amides is 1. The van der Waals surface area contributed by atoms with Crippen molar-refractivity contribution in [2.45, 2.75) is 20.0 Å². The Morgan fingerprint density at radius 1 is 1.10 bits per heavy atom. The van der Waals surface area contributed by atoms with E-state index in [-0.39, 0.29) is 5.91 Å². The Morgan fingerprint density at radius 2 is 1.93 bits per heavy atom. The standard InChI is InChI=1S/C23H22N4O2/c1-17-10-11-20(29-17)15-26(2)23(28)21-16-27(14-18-7-4-3-5-8-18)25-22(21)19-9-6-12-24-13-19/h3-13,16H,14-15H2,1-2H3. The van der Waals surface area contributed by atoms with Crippen LogP contribution in [0.2, 0.25) is 0 Å². The molecule has 0 aliphatic heterocycles. The van der Waals surface area contributed by atoms with E-state index in [1.807, 2.05) is 67.7 Å². The average molecular weight is 386 g/mol. The van der Waals surface area contributed by atoms with Gasteiger partial charge >= 0.3 is 0 Å². The van der Waals surface area contributed by atoms with Gasteiger partial charge in [-0.3, -0.25) is 14.5 Å². The molecule has 29 heavy (non-hydrogen) atoms. The molecule has 6 heteroatoms. The highest BCUT2D eigenvalue weighted by Gasteiger charge is 2.22. The summed E-state index contributed by atoms with van der Waals surface area (Å²) in [7, 11) is 1.77.